The summed E-state index contributed by atoms with van der Waals surface area (Å²) in [5.74, 6) is -1.28. The average molecular weight is 534 g/mol. The van der Waals surface area contributed by atoms with E-state index in [2.05, 4.69) is 22.8 Å². The Hall–Kier alpha value is -4.91. The zero-order valence-electron chi connectivity index (χ0n) is 22.0. The topological polar surface area (TPSA) is 111 Å². The first-order valence-corrected chi connectivity index (χ1v) is 13.3. The lowest BCUT2D eigenvalue weighted by molar-refractivity contribution is -0.128. The maximum atomic E-state index is 13.4. The van der Waals surface area contributed by atoms with E-state index in [0.717, 1.165) is 33.4 Å². The molecule has 1 aliphatic carbocycles. The van der Waals surface area contributed by atoms with Gasteiger partial charge in [0.05, 0.1) is 0 Å². The summed E-state index contributed by atoms with van der Waals surface area (Å²) in [6, 6.07) is 32.9. The van der Waals surface area contributed by atoms with E-state index in [0.29, 0.717) is 0 Å². The number of amides is 3. The number of alkyl carbamates (subject to hydrolysis) is 1. The Bertz CT molecular complexity index is 1440. The molecule has 0 saturated heterocycles. The van der Waals surface area contributed by atoms with Gasteiger partial charge in [-0.05, 0) is 33.4 Å². The monoisotopic (exact) mass is 533 g/mol. The van der Waals surface area contributed by atoms with Crippen LogP contribution in [0.3, 0.4) is 0 Å². The molecule has 7 heteroatoms. The van der Waals surface area contributed by atoms with Crippen molar-refractivity contribution in [3.8, 4) is 11.1 Å². The van der Waals surface area contributed by atoms with E-state index in [-0.39, 0.29) is 25.4 Å². The number of rotatable bonds is 10. The van der Waals surface area contributed by atoms with Gasteiger partial charge in [-0.1, -0.05) is 109 Å². The number of nitrogens with one attached hydrogen (secondary N) is 2. The molecule has 4 aromatic carbocycles. The van der Waals surface area contributed by atoms with Crippen LogP contribution in [0.25, 0.3) is 11.1 Å². The summed E-state index contributed by atoms with van der Waals surface area (Å²) in [5, 5.41) is 5.45. The molecule has 4 N–H and O–H groups in total. The highest BCUT2D eigenvalue weighted by atomic mass is 16.5. The molecule has 3 amide bonds. The van der Waals surface area contributed by atoms with Gasteiger partial charge in [-0.3, -0.25) is 9.59 Å². The molecule has 0 radical (unpaired) electrons. The molecule has 0 bridgehead atoms. The Balaban J connectivity index is 1.28. The van der Waals surface area contributed by atoms with Gasteiger partial charge in [0.2, 0.25) is 11.8 Å². The average Bonchev–Trinajstić information content (AvgIpc) is 3.30. The quantitative estimate of drug-likeness (QED) is 0.282. The number of carbonyl (C=O) groups is 3. The normalized spacial score (nSPS) is 13.4. The summed E-state index contributed by atoms with van der Waals surface area (Å²) in [6.45, 7) is 0.122. The first-order valence-electron chi connectivity index (χ1n) is 13.3. The van der Waals surface area contributed by atoms with Crippen LogP contribution in [0.4, 0.5) is 4.79 Å². The molecule has 0 aromatic heterocycles. The van der Waals surface area contributed by atoms with Crippen LogP contribution >= 0.6 is 0 Å². The first kappa shape index (κ1) is 26.7. The summed E-state index contributed by atoms with van der Waals surface area (Å²) in [4.78, 5) is 38.6. The van der Waals surface area contributed by atoms with Crippen molar-refractivity contribution in [3.05, 3.63) is 131 Å². The van der Waals surface area contributed by atoms with E-state index < -0.39 is 30.0 Å². The molecular weight excluding hydrogens is 502 g/mol. The molecule has 7 nitrogen and oxygen atoms in total. The third-order valence-electron chi connectivity index (χ3n) is 7.18. The maximum absolute atomic E-state index is 13.4. The summed E-state index contributed by atoms with van der Waals surface area (Å²) < 4.78 is 5.68. The highest BCUT2D eigenvalue weighted by Crippen LogP contribution is 2.44. The summed E-state index contributed by atoms with van der Waals surface area (Å²) in [6.07, 6.45) is -0.255. The van der Waals surface area contributed by atoms with Gasteiger partial charge in [0, 0.05) is 18.8 Å². The van der Waals surface area contributed by atoms with Gasteiger partial charge >= 0.3 is 6.09 Å². The largest absolute Gasteiger partial charge is 0.449 e. The smallest absolute Gasteiger partial charge is 0.407 e. The fraction of sp³-hybridized carbons (Fsp3) is 0.182. The highest BCUT2D eigenvalue weighted by molar-refractivity contribution is 5.91. The van der Waals surface area contributed by atoms with Crippen LogP contribution in [0.2, 0.25) is 0 Å². The van der Waals surface area contributed by atoms with Crippen LogP contribution < -0.4 is 16.4 Å². The fourth-order valence-electron chi connectivity index (χ4n) is 5.19. The molecule has 5 rings (SSSR count). The first-order chi connectivity index (χ1) is 19.5. The van der Waals surface area contributed by atoms with Crippen molar-refractivity contribution in [1.82, 2.24) is 10.6 Å². The number of carbonyl (C=O) groups excluding carboxylic acids is 3. The van der Waals surface area contributed by atoms with Gasteiger partial charge in [0.15, 0.2) is 0 Å². The van der Waals surface area contributed by atoms with Gasteiger partial charge < -0.3 is 21.1 Å². The fourth-order valence-corrected chi connectivity index (χ4v) is 5.19. The molecule has 0 unspecified atom stereocenters. The van der Waals surface area contributed by atoms with Crippen LogP contribution in [-0.2, 0) is 27.2 Å². The number of benzene rings is 4. The predicted octanol–water partition coefficient (Wildman–Crippen LogP) is 4.35. The molecule has 0 saturated carbocycles. The summed E-state index contributed by atoms with van der Waals surface area (Å²) in [7, 11) is 0. The molecule has 0 aliphatic heterocycles. The van der Waals surface area contributed by atoms with Gasteiger partial charge in [-0.2, -0.15) is 0 Å². The zero-order chi connectivity index (χ0) is 27.9. The van der Waals surface area contributed by atoms with Crippen LogP contribution in [0.15, 0.2) is 109 Å². The highest BCUT2D eigenvalue weighted by Gasteiger charge is 2.30. The minimum Gasteiger partial charge on any atom is -0.449 e. The van der Waals surface area contributed by atoms with Crippen molar-refractivity contribution in [3.63, 3.8) is 0 Å². The Morgan fingerprint density at radius 2 is 1.12 bits per heavy atom. The van der Waals surface area contributed by atoms with Crippen LogP contribution in [0, 0.1) is 0 Å². The Morgan fingerprint density at radius 3 is 1.65 bits per heavy atom. The number of ether oxygens (including phenoxy) is 1. The van der Waals surface area contributed by atoms with E-state index in [1.54, 1.807) is 0 Å². The lowest BCUT2D eigenvalue weighted by Gasteiger charge is -2.22. The lowest BCUT2D eigenvalue weighted by Crippen LogP contribution is -2.54. The van der Waals surface area contributed by atoms with Crippen molar-refractivity contribution in [2.75, 3.05) is 6.61 Å². The number of fused-ring (bicyclic) bond motifs is 3. The van der Waals surface area contributed by atoms with Gasteiger partial charge in [-0.25, -0.2) is 4.79 Å². The second-order valence-electron chi connectivity index (χ2n) is 9.87. The van der Waals surface area contributed by atoms with E-state index in [4.69, 9.17) is 10.5 Å². The molecule has 0 spiro atoms. The van der Waals surface area contributed by atoms with Gasteiger partial charge in [0.1, 0.15) is 18.7 Å². The van der Waals surface area contributed by atoms with E-state index in [9.17, 15) is 14.4 Å². The SMILES string of the molecule is NC(=O)[C@H](Cc1ccccc1)NC(=O)[C@H](Cc1ccccc1)NC(=O)OCC1c2ccccc2-c2ccccc21. The Labute approximate surface area is 233 Å². The number of primary amides is 1. The molecule has 40 heavy (non-hydrogen) atoms. The van der Waals surface area contributed by atoms with Crippen molar-refractivity contribution < 1.29 is 19.1 Å². The predicted molar refractivity (Wildman–Crippen MR) is 153 cm³/mol. The number of nitrogens with two attached hydrogens (primary N) is 1. The van der Waals surface area contributed by atoms with Crippen molar-refractivity contribution in [1.29, 1.82) is 0 Å². The van der Waals surface area contributed by atoms with E-state index in [1.165, 1.54) is 0 Å². The third-order valence-corrected chi connectivity index (χ3v) is 7.18. The molecule has 0 fully saturated rings. The second kappa shape index (κ2) is 12.3. The number of hydrogen-bond donors (Lipinski definition) is 3. The van der Waals surface area contributed by atoms with Crippen molar-refractivity contribution in [2.24, 2.45) is 5.73 Å². The van der Waals surface area contributed by atoms with Crippen LogP contribution in [0.1, 0.15) is 28.2 Å². The van der Waals surface area contributed by atoms with E-state index >= 15 is 0 Å². The zero-order valence-corrected chi connectivity index (χ0v) is 22.0. The molecule has 202 valence electrons. The number of hydrogen-bond acceptors (Lipinski definition) is 4. The second-order valence-corrected chi connectivity index (χ2v) is 9.87. The van der Waals surface area contributed by atoms with Crippen molar-refractivity contribution in [2.45, 2.75) is 30.8 Å². The van der Waals surface area contributed by atoms with Gasteiger partial charge in [0.25, 0.3) is 0 Å². The Morgan fingerprint density at radius 1 is 0.650 bits per heavy atom. The lowest BCUT2D eigenvalue weighted by atomic mass is 9.98. The standard InChI is InChI=1S/C33H31N3O4/c34-31(37)29(19-22-11-3-1-4-12-22)35-32(38)30(20-23-13-5-2-6-14-23)36-33(39)40-21-28-26-17-9-7-15-24(26)25-16-8-10-18-27(25)28/h1-18,28-30H,19-21H2,(H2,34,37)(H,35,38)(H,36,39)/t29-,30-/m0/s1. The van der Waals surface area contributed by atoms with Crippen LogP contribution in [0.5, 0.6) is 0 Å². The van der Waals surface area contributed by atoms with Crippen LogP contribution in [-0.4, -0.2) is 36.6 Å². The van der Waals surface area contributed by atoms with E-state index in [1.807, 2.05) is 97.1 Å². The molecule has 0 heterocycles. The molecule has 2 atom stereocenters. The van der Waals surface area contributed by atoms with Crippen molar-refractivity contribution >= 4 is 17.9 Å². The minimum absolute atomic E-state index is 0.107. The Kier molecular flexibility index (Phi) is 8.21. The van der Waals surface area contributed by atoms with Gasteiger partial charge in [-0.15, -0.1) is 0 Å². The summed E-state index contributed by atoms with van der Waals surface area (Å²) in [5.41, 5.74) is 11.8. The maximum Gasteiger partial charge on any atom is 0.407 e. The molecular formula is C33H31N3O4. The minimum atomic E-state index is -0.976. The molecule has 4 aromatic rings. The molecule has 1 aliphatic rings. The summed E-state index contributed by atoms with van der Waals surface area (Å²) >= 11 is 0. The third kappa shape index (κ3) is 6.21.